The number of aromatic nitrogens is 1. The first-order valence-electron chi connectivity index (χ1n) is 7.50. The molecule has 0 aliphatic carbocycles. The number of nitrogens with zero attached hydrogens (tertiary/aromatic N) is 1. The molecule has 0 aliphatic rings. The van der Waals surface area contributed by atoms with Crippen LogP contribution in [-0.4, -0.2) is 16.1 Å². The molecule has 3 rings (SSSR count). The molecule has 0 aliphatic heterocycles. The monoisotopic (exact) mass is 360 g/mol. The molecule has 0 unspecified atom stereocenters. The Balaban J connectivity index is 1.70. The lowest BCUT2D eigenvalue weighted by molar-refractivity contribution is -0.136. The van der Waals surface area contributed by atoms with Crippen LogP contribution in [0.15, 0.2) is 47.8 Å². The molecule has 0 saturated heterocycles. The van der Waals surface area contributed by atoms with Gasteiger partial charge in [-0.15, -0.1) is 11.3 Å². The van der Waals surface area contributed by atoms with Crippen molar-refractivity contribution in [1.82, 2.24) is 4.98 Å². The van der Waals surface area contributed by atoms with E-state index in [0.29, 0.717) is 17.2 Å². The Bertz CT molecular complexity index is 894. The number of hydrogen-bond acceptors (Lipinski definition) is 4. The molecule has 0 radical (unpaired) electrons. The second-order valence-electron chi connectivity index (χ2n) is 5.38. The number of aliphatic carboxylic acids is 1. The first kappa shape index (κ1) is 17.0. The average molecular weight is 360 g/mol. The van der Waals surface area contributed by atoms with Gasteiger partial charge in [-0.25, -0.2) is 13.8 Å². The van der Waals surface area contributed by atoms with Crippen LogP contribution in [0.5, 0.6) is 0 Å². The largest absolute Gasteiger partial charge is 0.481 e. The molecule has 128 valence electrons. The number of hydrogen-bond donors (Lipinski definition) is 2. The van der Waals surface area contributed by atoms with Crippen LogP contribution < -0.4 is 5.32 Å². The lowest BCUT2D eigenvalue weighted by atomic mass is 10.1. The van der Waals surface area contributed by atoms with Crippen LogP contribution in [0.25, 0.3) is 11.3 Å². The van der Waals surface area contributed by atoms with Crippen molar-refractivity contribution in [2.45, 2.75) is 12.8 Å². The number of benzene rings is 2. The van der Waals surface area contributed by atoms with Crippen LogP contribution in [0.4, 0.5) is 19.6 Å². The number of halogens is 2. The highest BCUT2D eigenvalue weighted by atomic mass is 32.1. The number of aryl methyl sites for hydroxylation is 1. The molecule has 3 aromatic rings. The van der Waals surface area contributed by atoms with Gasteiger partial charge in [0, 0.05) is 29.1 Å². The van der Waals surface area contributed by atoms with E-state index in [1.807, 2.05) is 24.3 Å². The quantitative estimate of drug-likeness (QED) is 0.660. The summed E-state index contributed by atoms with van der Waals surface area (Å²) >= 11 is 1.31. The van der Waals surface area contributed by atoms with Crippen molar-refractivity contribution in [1.29, 1.82) is 0 Å². The predicted octanol–water partition coefficient (Wildman–Crippen LogP) is 4.85. The van der Waals surface area contributed by atoms with Crippen molar-refractivity contribution in [3.8, 4) is 11.3 Å². The van der Waals surface area contributed by atoms with Gasteiger partial charge >= 0.3 is 5.97 Å². The minimum atomic E-state index is -0.828. The number of nitrogens with one attached hydrogen (secondary N) is 1. The predicted molar refractivity (Wildman–Crippen MR) is 93.1 cm³/mol. The van der Waals surface area contributed by atoms with E-state index < -0.39 is 17.6 Å². The Hall–Kier alpha value is -2.80. The zero-order chi connectivity index (χ0) is 17.8. The van der Waals surface area contributed by atoms with E-state index in [9.17, 15) is 13.6 Å². The lowest BCUT2D eigenvalue weighted by Gasteiger charge is -2.04. The molecule has 2 aromatic carbocycles. The number of carboxylic acids is 1. The van der Waals surface area contributed by atoms with Gasteiger partial charge in [0.15, 0.2) is 5.13 Å². The van der Waals surface area contributed by atoms with Gasteiger partial charge in [-0.3, -0.25) is 4.79 Å². The Morgan fingerprint density at radius 1 is 1.16 bits per heavy atom. The SMILES string of the molecule is O=C(O)CCc1ccc(Nc2nc(-c3ccc(F)cc3F)cs2)cc1. The van der Waals surface area contributed by atoms with Gasteiger partial charge in [-0.1, -0.05) is 12.1 Å². The summed E-state index contributed by atoms with van der Waals surface area (Å²) < 4.78 is 26.8. The van der Waals surface area contributed by atoms with E-state index in [0.717, 1.165) is 17.3 Å². The van der Waals surface area contributed by atoms with E-state index in [-0.39, 0.29) is 12.0 Å². The summed E-state index contributed by atoms with van der Waals surface area (Å²) in [5.74, 6) is -2.11. The lowest BCUT2D eigenvalue weighted by Crippen LogP contribution is -1.97. The summed E-state index contributed by atoms with van der Waals surface area (Å²) in [6.45, 7) is 0. The fourth-order valence-electron chi connectivity index (χ4n) is 2.28. The van der Waals surface area contributed by atoms with Gasteiger partial charge in [0.05, 0.1) is 5.69 Å². The zero-order valence-corrected chi connectivity index (χ0v) is 13.8. The molecule has 1 heterocycles. The second kappa shape index (κ2) is 7.40. The first-order chi connectivity index (χ1) is 12.0. The van der Waals surface area contributed by atoms with Crippen LogP contribution in [0.1, 0.15) is 12.0 Å². The van der Waals surface area contributed by atoms with Crippen LogP contribution in [-0.2, 0) is 11.2 Å². The third kappa shape index (κ3) is 4.39. The summed E-state index contributed by atoms with van der Waals surface area (Å²) in [7, 11) is 0. The summed E-state index contributed by atoms with van der Waals surface area (Å²) in [6.07, 6.45) is 0.562. The number of thiazole rings is 1. The molecular weight excluding hydrogens is 346 g/mol. The van der Waals surface area contributed by atoms with Gasteiger partial charge < -0.3 is 10.4 Å². The van der Waals surface area contributed by atoms with Crippen molar-refractivity contribution >= 4 is 28.1 Å². The van der Waals surface area contributed by atoms with Crippen molar-refractivity contribution in [2.75, 3.05) is 5.32 Å². The fraction of sp³-hybridized carbons (Fsp3) is 0.111. The molecule has 7 heteroatoms. The molecular formula is C18H14F2N2O2S. The van der Waals surface area contributed by atoms with E-state index >= 15 is 0 Å². The van der Waals surface area contributed by atoms with Crippen LogP contribution in [0, 0.1) is 11.6 Å². The van der Waals surface area contributed by atoms with Crippen LogP contribution >= 0.6 is 11.3 Å². The first-order valence-corrected chi connectivity index (χ1v) is 8.38. The second-order valence-corrected chi connectivity index (χ2v) is 6.24. The fourth-order valence-corrected chi connectivity index (χ4v) is 3.01. The molecule has 25 heavy (non-hydrogen) atoms. The minimum Gasteiger partial charge on any atom is -0.481 e. The molecule has 0 bridgehead atoms. The molecule has 1 aromatic heterocycles. The van der Waals surface area contributed by atoms with Gasteiger partial charge in [-0.05, 0) is 36.2 Å². The van der Waals surface area contributed by atoms with Crippen molar-refractivity contribution in [3.63, 3.8) is 0 Å². The third-order valence-electron chi connectivity index (χ3n) is 3.54. The van der Waals surface area contributed by atoms with Crippen molar-refractivity contribution < 1.29 is 18.7 Å². The molecule has 0 atom stereocenters. The molecule has 4 nitrogen and oxygen atoms in total. The van der Waals surface area contributed by atoms with E-state index in [2.05, 4.69) is 10.3 Å². The smallest absolute Gasteiger partial charge is 0.303 e. The normalized spacial score (nSPS) is 10.6. The van der Waals surface area contributed by atoms with E-state index in [1.165, 1.54) is 23.5 Å². The Morgan fingerprint density at radius 2 is 1.92 bits per heavy atom. The standard InChI is InChI=1S/C18H14F2N2O2S/c19-12-4-7-14(15(20)9-12)16-10-25-18(22-16)21-13-5-1-11(2-6-13)3-8-17(23)24/h1-2,4-7,9-10H,3,8H2,(H,21,22)(H,23,24). The maximum Gasteiger partial charge on any atom is 0.303 e. The molecule has 0 amide bonds. The highest BCUT2D eigenvalue weighted by Crippen LogP contribution is 2.29. The highest BCUT2D eigenvalue weighted by Gasteiger charge is 2.10. The van der Waals surface area contributed by atoms with Crippen molar-refractivity contribution in [2.24, 2.45) is 0 Å². The van der Waals surface area contributed by atoms with Gasteiger partial charge in [0.25, 0.3) is 0 Å². The Kier molecular flexibility index (Phi) is 5.04. The number of rotatable bonds is 6. The minimum absolute atomic E-state index is 0.0891. The van der Waals surface area contributed by atoms with Gasteiger partial charge in [-0.2, -0.15) is 0 Å². The number of carboxylic acid groups (broad SMARTS) is 1. The number of anilines is 2. The van der Waals surface area contributed by atoms with Gasteiger partial charge in [0.1, 0.15) is 11.6 Å². The topological polar surface area (TPSA) is 62.2 Å². The van der Waals surface area contributed by atoms with Crippen LogP contribution in [0.2, 0.25) is 0 Å². The maximum absolute atomic E-state index is 13.8. The Morgan fingerprint density at radius 3 is 2.60 bits per heavy atom. The highest BCUT2D eigenvalue weighted by molar-refractivity contribution is 7.14. The van der Waals surface area contributed by atoms with E-state index in [4.69, 9.17) is 5.11 Å². The Labute approximate surface area is 146 Å². The average Bonchev–Trinajstić information content (AvgIpc) is 3.02. The maximum atomic E-state index is 13.8. The summed E-state index contributed by atoms with van der Waals surface area (Å²) in [4.78, 5) is 14.9. The number of carbonyl (C=O) groups is 1. The van der Waals surface area contributed by atoms with Crippen molar-refractivity contribution in [3.05, 3.63) is 65.0 Å². The molecule has 2 N–H and O–H groups in total. The summed E-state index contributed by atoms with van der Waals surface area (Å²) in [5, 5.41) is 14.1. The molecule has 0 saturated carbocycles. The zero-order valence-electron chi connectivity index (χ0n) is 13.0. The van der Waals surface area contributed by atoms with E-state index in [1.54, 1.807) is 5.38 Å². The summed E-state index contributed by atoms with van der Waals surface area (Å²) in [6, 6.07) is 10.7. The van der Waals surface area contributed by atoms with Crippen LogP contribution in [0.3, 0.4) is 0 Å². The molecule has 0 fully saturated rings. The van der Waals surface area contributed by atoms with Gasteiger partial charge in [0.2, 0.25) is 0 Å². The summed E-state index contributed by atoms with van der Waals surface area (Å²) in [5.41, 5.74) is 2.40. The third-order valence-corrected chi connectivity index (χ3v) is 4.30. The molecule has 0 spiro atoms.